The summed E-state index contributed by atoms with van der Waals surface area (Å²) < 4.78 is 0. The zero-order chi connectivity index (χ0) is 14.0. The molecule has 2 aromatic rings. The van der Waals surface area contributed by atoms with Crippen LogP contribution in [-0.2, 0) is 0 Å². The Morgan fingerprint density at radius 1 is 1.21 bits per heavy atom. The van der Waals surface area contributed by atoms with Crippen LogP contribution in [0.4, 0.5) is 17.1 Å². The summed E-state index contributed by atoms with van der Waals surface area (Å²) in [6, 6.07) is 10.3. The molecule has 0 aliphatic carbocycles. The van der Waals surface area contributed by atoms with Gasteiger partial charge in [0.2, 0.25) is 0 Å². The topological polar surface area (TPSA) is 75.3 Å². The molecule has 98 valence electrons. The number of carboxylic acid groups (broad SMARTS) is 1. The quantitative estimate of drug-likeness (QED) is 0.748. The summed E-state index contributed by atoms with van der Waals surface area (Å²) in [5.74, 6) is -1.04. The van der Waals surface area contributed by atoms with Crippen molar-refractivity contribution in [3.63, 3.8) is 0 Å². The molecule has 2 rings (SSSR count). The molecule has 0 spiro atoms. The first-order valence-corrected chi connectivity index (χ1v) is 6.01. The maximum absolute atomic E-state index is 10.9. The lowest BCUT2D eigenvalue weighted by atomic mass is 10.1. The first-order chi connectivity index (χ1) is 8.97. The maximum Gasteiger partial charge on any atom is 0.337 e. The summed E-state index contributed by atoms with van der Waals surface area (Å²) in [4.78, 5) is 10.9. The molecule has 4 nitrogen and oxygen atoms in total. The number of carboxylic acids is 1. The van der Waals surface area contributed by atoms with Crippen molar-refractivity contribution in [2.75, 3.05) is 11.1 Å². The lowest BCUT2D eigenvalue weighted by Crippen LogP contribution is -2.03. The molecular weight excluding hydrogens is 264 g/mol. The van der Waals surface area contributed by atoms with Crippen LogP contribution in [0, 0.1) is 6.92 Å². The molecular formula is C14H13ClN2O2. The number of benzene rings is 2. The number of aryl methyl sites for hydroxylation is 1. The van der Waals surface area contributed by atoms with Crippen LogP contribution in [0.25, 0.3) is 0 Å². The molecule has 0 unspecified atom stereocenters. The van der Waals surface area contributed by atoms with Gasteiger partial charge in [0.25, 0.3) is 0 Å². The highest BCUT2D eigenvalue weighted by Crippen LogP contribution is 2.25. The second-order valence-corrected chi connectivity index (χ2v) is 4.60. The van der Waals surface area contributed by atoms with Crippen LogP contribution in [0.5, 0.6) is 0 Å². The molecule has 0 heterocycles. The molecule has 0 aromatic heterocycles. The minimum atomic E-state index is -1.04. The fourth-order valence-corrected chi connectivity index (χ4v) is 1.85. The number of nitrogens with one attached hydrogen (secondary N) is 1. The van der Waals surface area contributed by atoms with Gasteiger partial charge < -0.3 is 16.2 Å². The van der Waals surface area contributed by atoms with E-state index in [1.807, 2.05) is 19.1 Å². The van der Waals surface area contributed by atoms with Gasteiger partial charge in [-0.1, -0.05) is 17.7 Å². The van der Waals surface area contributed by atoms with E-state index in [-0.39, 0.29) is 11.3 Å². The van der Waals surface area contributed by atoms with Crippen molar-refractivity contribution >= 4 is 34.6 Å². The molecule has 0 radical (unpaired) electrons. The van der Waals surface area contributed by atoms with Crippen LogP contribution >= 0.6 is 11.6 Å². The van der Waals surface area contributed by atoms with Crippen molar-refractivity contribution in [1.82, 2.24) is 0 Å². The van der Waals surface area contributed by atoms with Crippen LogP contribution in [-0.4, -0.2) is 11.1 Å². The number of halogens is 1. The monoisotopic (exact) mass is 276 g/mol. The molecule has 0 fully saturated rings. The highest BCUT2D eigenvalue weighted by Gasteiger charge is 2.08. The van der Waals surface area contributed by atoms with E-state index in [1.54, 1.807) is 18.2 Å². The van der Waals surface area contributed by atoms with E-state index >= 15 is 0 Å². The van der Waals surface area contributed by atoms with Gasteiger partial charge >= 0.3 is 5.97 Å². The van der Waals surface area contributed by atoms with E-state index in [9.17, 15) is 4.79 Å². The third-order valence-electron chi connectivity index (χ3n) is 2.74. The maximum atomic E-state index is 10.9. The van der Waals surface area contributed by atoms with Crippen LogP contribution in [0.2, 0.25) is 5.02 Å². The summed E-state index contributed by atoms with van der Waals surface area (Å²) >= 11 is 6.04. The summed E-state index contributed by atoms with van der Waals surface area (Å²) in [6.45, 7) is 1.92. The van der Waals surface area contributed by atoms with Crippen molar-refractivity contribution in [1.29, 1.82) is 0 Å². The van der Waals surface area contributed by atoms with Crippen LogP contribution in [0.15, 0.2) is 36.4 Å². The fraction of sp³-hybridized carbons (Fsp3) is 0.0714. The number of nitrogens with two attached hydrogens (primary N) is 1. The smallest absolute Gasteiger partial charge is 0.337 e. The Morgan fingerprint density at radius 2 is 1.84 bits per heavy atom. The van der Waals surface area contributed by atoms with Gasteiger partial charge in [-0.2, -0.15) is 0 Å². The molecule has 0 atom stereocenters. The van der Waals surface area contributed by atoms with Gasteiger partial charge in [-0.05, 0) is 42.8 Å². The van der Waals surface area contributed by atoms with Crippen LogP contribution < -0.4 is 11.1 Å². The van der Waals surface area contributed by atoms with Gasteiger partial charge in [-0.25, -0.2) is 4.79 Å². The Morgan fingerprint density at radius 3 is 2.42 bits per heavy atom. The normalized spacial score (nSPS) is 10.2. The highest BCUT2D eigenvalue weighted by atomic mass is 35.5. The number of hydrogen-bond acceptors (Lipinski definition) is 3. The Kier molecular flexibility index (Phi) is 3.62. The van der Waals surface area contributed by atoms with E-state index in [1.165, 1.54) is 6.07 Å². The molecule has 0 aliphatic heterocycles. The largest absolute Gasteiger partial charge is 0.478 e. The molecule has 19 heavy (non-hydrogen) atoms. The van der Waals surface area contributed by atoms with E-state index in [4.69, 9.17) is 22.4 Å². The van der Waals surface area contributed by atoms with Gasteiger partial charge in [-0.15, -0.1) is 0 Å². The van der Waals surface area contributed by atoms with Crippen LogP contribution in [0.3, 0.4) is 0 Å². The molecule has 0 bridgehead atoms. The van der Waals surface area contributed by atoms with Crippen molar-refractivity contribution < 1.29 is 9.90 Å². The second-order valence-electron chi connectivity index (χ2n) is 4.20. The number of carbonyl (C=O) groups is 1. The number of nitrogen functional groups attached to an aromatic ring is 1. The summed E-state index contributed by atoms with van der Waals surface area (Å²) in [5, 5.41) is 12.7. The lowest BCUT2D eigenvalue weighted by Gasteiger charge is -2.09. The number of hydrogen-bond donors (Lipinski definition) is 3. The minimum absolute atomic E-state index is 0.0903. The van der Waals surface area contributed by atoms with E-state index in [0.717, 1.165) is 11.3 Å². The predicted molar refractivity (Wildman–Crippen MR) is 77.3 cm³/mol. The second kappa shape index (κ2) is 5.20. The molecule has 0 amide bonds. The van der Waals surface area contributed by atoms with Gasteiger partial charge in [0.15, 0.2) is 0 Å². The molecule has 4 N–H and O–H groups in total. The third-order valence-corrected chi connectivity index (χ3v) is 3.15. The fourth-order valence-electron chi connectivity index (χ4n) is 1.67. The Balaban J connectivity index is 2.26. The zero-order valence-electron chi connectivity index (χ0n) is 10.3. The van der Waals surface area contributed by atoms with Crippen molar-refractivity contribution in [2.24, 2.45) is 0 Å². The Hall–Kier alpha value is -2.20. The number of aromatic carboxylic acids is 1. The number of rotatable bonds is 3. The van der Waals surface area contributed by atoms with Crippen LogP contribution in [0.1, 0.15) is 15.9 Å². The minimum Gasteiger partial charge on any atom is -0.478 e. The van der Waals surface area contributed by atoms with Crippen molar-refractivity contribution in [2.45, 2.75) is 6.92 Å². The molecule has 5 heteroatoms. The first-order valence-electron chi connectivity index (χ1n) is 5.63. The Labute approximate surface area is 115 Å². The highest BCUT2D eigenvalue weighted by molar-refractivity contribution is 6.31. The number of anilines is 3. The third kappa shape index (κ3) is 2.98. The predicted octanol–water partition coefficient (Wildman–Crippen LogP) is 3.67. The molecule has 0 saturated heterocycles. The van der Waals surface area contributed by atoms with Crippen molar-refractivity contribution in [3.05, 3.63) is 52.5 Å². The van der Waals surface area contributed by atoms with E-state index in [0.29, 0.717) is 10.7 Å². The lowest BCUT2D eigenvalue weighted by molar-refractivity contribution is 0.0698. The average Bonchev–Trinajstić information content (AvgIpc) is 2.33. The van der Waals surface area contributed by atoms with Gasteiger partial charge in [0, 0.05) is 22.1 Å². The Bertz CT molecular complexity index is 641. The molecule has 2 aromatic carbocycles. The van der Waals surface area contributed by atoms with E-state index in [2.05, 4.69) is 5.32 Å². The molecule has 0 aliphatic rings. The average molecular weight is 277 g/mol. The van der Waals surface area contributed by atoms with Gasteiger partial charge in [0.05, 0.1) is 5.56 Å². The SMILES string of the molecule is Cc1ccc(Nc2ccc(C(=O)O)c(N)c2)cc1Cl. The van der Waals surface area contributed by atoms with E-state index < -0.39 is 5.97 Å². The summed E-state index contributed by atoms with van der Waals surface area (Å²) in [6.07, 6.45) is 0. The van der Waals surface area contributed by atoms with Gasteiger partial charge in [-0.3, -0.25) is 0 Å². The first kappa shape index (κ1) is 13.2. The standard InChI is InChI=1S/C14H13ClN2O2/c1-8-2-3-9(6-12(8)15)17-10-4-5-11(14(18)19)13(16)7-10/h2-7,17H,16H2,1H3,(H,18,19). The molecule has 0 saturated carbocycles. The van der Waals surface area contributed by atoms with Crippen molar-refractivity contribution in [3.8, 4) is 0 Å². The van der Waals surface area contributed by atoms with Gasteiger partial charge in [0.1, 0.15) is 0 Å². The zero-order valence-corrected chi connectivity index (χ0v) is 11.0. The summed E-state index contributed by atoms with van der Waals surface area (Å²) in [7, 11) is 0. The summed E-state index contributed by atoms with van der Waals surface area (Å²) in [5.41, 5.74) is 8.51.